The third kappa shape index (κ3) is 4.22. The normalized spacial score (nSPS) is 21.6. The maximum atomic E-state index is 15.0. The lowest BCUT2D eigenvalue weighted by atomic mass is 9.95. The Hall–Kier alpha value is -4.84. The molecule has 2 aliphatic heterocycles. The Bertz CT molecular complexity index is 1670. The number of para-hydroxylation sites is 1. The van der Waals surface area contributed by atoms with E-state index in [9.17, 15) is 18.8 Å². The molecule has 0 bridgehead atoms. The quantitative estimate of drug-likeness (QED) is 0.270. The zero-order valence-corrected chi connectivity index (χ0v) is 21.0. The lowest BCUT2D eigenvalue weighted by Crippen LogP contribution is -2.53. The van der Waals surface area contributed by atoms with Crippen LogP contribution in [0.2, 0.25) is 0 Å². The molecule has 40 heavy (non-hydrogen) atoms. The summed E-state index contributed by atoms with van der Waals surface area (Å²) >= 11 is 0. The molecule has 1 saturated carbocycles. The van der Waals surface area contributed by atoms with Gasteiger partial charge in [-0.2, -0.15) is 0 Å². The van der Waals surface area contributed by atoms with Crippen LogP contribution in [-0.2, 0) is 19.1 Å². The molecule has 2 N–H and O–H groups in total. The third-order valence-corrected chi connectivity index (χ3v) is 7.21. The number of nitrogens with one attached hydrogen (secondary N) is 2. The minimum atomic E-state index is -1.62. The predicted molar refractivity (Wildman–Crippen MR) is 140 cm³/mol. The van der Waals surface area contributed by atoms with Crippen LogP contribution in [-0.4, -0.2) is 50.6 Å². The third-order valence-electron chi connectivity index (χ3n) is 7.21. The molecular weight excluding hydrogens is 519 g/mol. The van der Waals surface area contributed by atoms with Crippen molar-refractivity contribution in [2.24, 2.45) is 5.92 Å². The SMILES string of the molecule is O=C(Nc1cn2nc(Oc3ccc(NC(=O)C45OC4CCN(c4ccccc4)C5=O)cc3F)ccc2n1)C1CC1. The summed E-state index contributed by atoms with van der Waals surface area (Å²) in [6, 6.07) is 16.2. The molecule has 7 rings (SSSR count). The Labute approximate surface area is 226 Å². The van der Waals surface area contributed by atoms with Gasteiger partial charge in [-0.05, 0) is 49.6 Å². The van der Waals surface area contributed by atoms with Crippen molar-refractivity contribution in [3.63, 3.8) is 0 Å². The van der Waals surface area contributed by atoms with Crippen molar-refractivity contribution in [3.05, 3.63) is 72.7 Å². The topological polar surface area (TPSA) is 130 Å². The summed E-state index contributed by atoms with van der Waals surface area (Å²) in [5, 5.41) is 9.64. The number of epoxide rings is 1. The number of benzene rings is 2. The Balaban J connectivity index is 1.04. The van der Waals surface area contributed by atoms with E-state index in [1.807, 2.05) is 18.2 Å². The molecular formula is C28H23FN6O5. The van der Waals surface area contributed by atoms with E-state index in [0.29, 0.717) is 30.1 Å². The number of carbonyl (C=O) groups is 3. The van der Waals surface area contributed by atoms with Crippen molar-refractivity contribution in [1.29, 1.82) is 0 Å². The van der Waals surface area contributed by atoms with Crippen molar-refractivity contribution in [2.45, 2.75) is 31.0 Å². The second-order valence-electron chi connectivity index (χ2n) is 9.99. The van der Waals surface area contributed by atoms with Crippen molar-refractivity contribution in [1.82, 2.24) is 14.6 Å². The second kappa shape index (κ2) is 9.12. The maximum absolute atomic E-state index is 15.0. The number of hydrogen-bond donors (Lipinski definition) is 2. The smallest absolute Gasteiger partial charge is 0.271 e. The zero-order valence-electron chi connectivity index (χ0n) is 21.0. The lowest BCUT2D eigenvalue weighted by Gasteiger charge is -2.28. The highest BCUT2D eigenvalue weighted by molar-refractivity contribution is 6.21. The van der Waals surface area contributed by atoms with Crippen molar-refractivity contribution < 1.29 is 28.2 Å². The Morgan fingerprint density at radius 1 is 1.05 bits per heavy atom. The highest BCUT2D eigenvalue weighted by Gasteiger charge is 2.71. The van der Waals surface area contributed by atoms with E-state index in [1.54, 1.807) is 24.4 Å². The molecule has 2 aromatic carbocycles. The number of fused-ring (bicyclic) bond motifs is 2. The van der Waals surface area contributed by atoms with Crippen LogP contribution in [0.25, 0.3) is 5.65 Å². The van der Waals surface area contributed by atoms with E-state index < -0.39 is 29.3 Å². The monoisotopic (exact) mass is 542 g/mol. The van der Waals surface area contributed by atoms with Crippen molar-refractivity contribution in [2.75, 3.05) is 22.1 Å². The molecule has 11 nitrogen and oxygen atoms in total. The fourth-order valence-corrected chi connectivity index (χ4v) is 4.89. The fourth-order valence-electron chi connectivity index (χ4n) is 4.89. The average Bonchev–Trinajstić information content (AvgIpc) is 3.87. The largest absolute Gasteiger partial charge is 0.434 e. The van der Waals surface area contributed by atoms with Crippen LogP contribution >= 0.6 is 0 Å². The Kier molecular flexibility index (Phi) is 5.52. The number of ether oxygens (including phenoxy) is 2. The van der Waals surface area contributed by atoms with E-state index in [2.05, 4.69) is 20.7 Å². The van der Waals surface area contributed by atoms with Crippen molar-refractivity contribution in [3.8, 4) is 11.6 Å². The van der Waals surface area contributed by atoms with Gasteiger partial charge in [-0.3, -0.25) is 14.4 Å². The lowest BCUT2D eigenvalue weighted by molar-refractivity contribution is -0.133. The standard InChI is InChI=1S/C28H23FN6O5/c29-19-14-17(30-26(37)28-21(40-28)12-13-34(27(28)38)18-4-2-1-3-5-18)8-9-20(19)39-24-11-10-23-31-22(15-35(23)33-24)32-25(36)16-6-7-16/h1-5,8-11,14-16,21H,6-7,12-13H2,(H,30,37)(H,32,36). The van der Waals surface area contributed by atoms with Gasteiger partial charge in [0, 0.05) is 36.0 Å². The van der Waals surface area contributed by atoms with E-state index in [-0.39, 0.29) is 29.1 Å². The van der Waals surface area contributed by atoms with Gasteiger partial charge in [-0.25, -0.2) is 13.9 Å². The predicted octanol–water partition coefficient (Wildman–Crippen LogP) is 3.52. The summed E-state index contributed by atoms with van der Waals surface area (Å²) in [6.45, 7) is 0.443. The number of hydrogen-bond acceptors (Lipinski definition) is 7. The molecule has 1 aliphatic carbocycles. The van der Waals surface area contributed by atoms with E-state index in [4.69, 9.17) is 9.47 Å². The summed E-state index contributed by atoms with van der Waals surface area (Å²) in [7, 11) is 0. The summed E-state index contributed by atoms with van der Waals surface area (Å²) < 4.78 is 27.6. The summed E-state index contributed by atoms with van der Waals surface area (Å²) in [4.78, 5) is 44.2. The molecule has 0 spiro atoms. The molecule has 3 fully saturated rings. The first kappa shape index (κ1) is 24.2. The second-order valence-corrected chi connectivity index (χ2v) is 9.99. The molecule has 2 unspecified atom stereocenters. The molecule has 2 aromatic heterocycles. The number of anilines is 3. The molecule has 4 heterocycles. The molecule has 3 aliphatic rings. The molecule has 4 aromatic rings. The van der Waals surface area contributed by atoms with Crippen LogP contribution in [0.3, 0.4) is 0 Å². The van der Waals surface area contributed by atoms with Crippen LogP contribution in [0.15, 0.2) is 66.9 Å². The summed E-state index contributed by atoms with van der Waals surface area (Å²) in [5.74, 6) is -1.50. The van der Waals surface area contributed by atoms with Crippen molar-refractivity contribution >= 4 is 40.6 Å². The minimum absolute atomic E-state index is 0.0393. The first-order valence-electron chi connectivity index (χ1n) is 12.9. The summed E-state index contributed by atoms with van der Waals surface area (Å²) in [6.07, 6.45) is 3.31. The molecule has 0 radical (unpaired) electrons. The average molecular weight is 543 g/mol. The van der Waals surface area contributed by atoms with Gasteiger partial charge in [0.25, 0.3) is 17.4 Å². The Morgan fingerprint density at radius 3 is 2.65 bits per heavy atom. The highest BCUT2D eigenvalue weighted by atomic mass is 19.1. The van der Waals surface area contributed by atoms with E-state index >= 15 is 0 Å². The minimum Gasteiger partial charge on any atom is -0.434 e. The number of piperidine rings is 1. The molecule has 2 saturated heterocycles. The van der Waals surface area contributed by atoms with E-state index in [0.717, 1.165) is 18.9 Å². The highest BCUT2D eigenvalue weighted by Crippen LogP contribution is 2.46. The van der Waals surface area contributed by atoms with Crippen LogP contribution < -0.4 is 20.3 Å². The fraction of sp³-hybridized carbons (Fsp3) is 0.250. The van der Waals surface area contributed by atoms with Gasteiger partial charge in [0.15, 0.2) is 23.0 Å². The number of carbonyl (C=O) groups excluding carboxylic acids is 3. The van der Waals surface area contributed by atoms with Gasteiger partial charge in [0.2, 0.25) is 11.8 Å². The number of nitrogens with zero attached hydrogens (tertiary/aromatic N) is 4. The molecule has 12 heteroatoms. The molecule has 202 valence electrons. The van der Waals surface area contributed by atoms with Crippen LogP contribution in [0.1, 0.15) is 19.3 Å². The van der Waals surface area contributed by atoms with Gasteiger partial charge >= 0.3 is 0 Å². The van der Waals surface area contributed by atoms with Gasteiger partial charge in [0.05, 0.1) is 6.20 Å². The van der Waals surface area contributed by atoms with Gasteiger partial charge in [-0.1, -0.05) is 18.2 Å². The van der Waals surface area contributed by atoms with Crippen LogP contribution in [0.4, 0.5) is 21.6 Å². The number of aromatic nitrogens is 3. The van der Waals surface area contributed by atoms with E-state index in [1.165, 1.54) is 27.6 Å². The first-order chi connectivity index (χ1) is 19.4. The molecule has 3 amide bonds. The number of rotatable bonds is 7. The number of imidazole rings is 1. The maximum Gasteiger partial charge on any atom is 0.271 e. The first-order valence-corrected chi connectivity index (χ1v) is 12.9. The van der Waals surface area contributed by atoms with Crippen LogP contribution in [0.5, 0.6) is 11.6 Å². The number of halogens is 1. The van der Waals surface area contributed by atoms with Gasteiger partial charge in [-0.15, -0.1) is 5.10 Å². The zero-order chi connectivity index (χ0) is 27.4. The number of amides is 3. The van der Waals surface area contributed by atoms with Gasteiger partial charge < -0.3 is 25.0 Å². The van der Waals surface area contributed by atoms with Gasteiger partial charge in [0.1, 0.15) is 6.10 Å². The Morgan fingerprint density at radius 2 is 1.88 bits per heavy atom. The molecule has 2 atom stereocenters. The van der Waals surface area contributed by atoms with Crippen LogP contribution in [0, 0.1) is 11.7 Å². The summed E-state index contributed by atoms with van der Waals surface area (Å²) in [5.41, 5.74) is -0.305.